The Morgan fingerprint density at radius 1 is 1.35 bits per heavy atom. The maximum absolute atomic E-state index is 13.7. The summed E-state index contributed by atoms with van der Waals surface area (Å²) >= 11 is 0. The predicted molar refractivity (Wildman–Crippen MR) is 82.8 cm³/mol. The molecule has 1 heterocycles. The highest BCUT2D eigenvalue weighted by Crippen LogP contribution is 2.25. The Labute approximate surface area is 135 Å². The van der Waals surface area contributed by atoms with E-state index < -0.39 is 15.8 Å². The van der Waals surface area contributed by atoms with Crippen molar-refractivity contribution >= 4 is 15.9 Å². The van der Waals surface area contributed by atoms with Crippen molar-refractivity contribution in [2.45, 2.75) is 17.7 Å². The average molecular weight is 344 g/mol. The summed E-state index contributed by atoms with van der Waals surface area (Å²) in [4.78, 5) is 11.6. The molecular weight excluding hydrogens is 323 g/mol. The zero-order valence-corrected chi connectivity index (χ0v) is 13.8. The van der Waals surface area contributed by atoms with Gasteiger partial charge in [-0.3, -0.25) is 4.79 Å². The fourth-order valence-corrected chi connectivity index (χ4v) is 4.11. The molecule has 0 spiro atoms. The summed E-state index contributed by atoms with van der Waals surface area (Å²) in [5.74, 6) is -1.07. The second-order valence-corrected chi connectivity index (χ2v) is 7.30. The van der Waals surface area contributed by atoms with Gasteiger partial charge in [-0.1, -0.05) is 12.1 Å². The molecule has 0 aromatic heterocycles. The van der Waals surface area contributed by atoms with Gasteiger partial charge in [-0.2, -0.15) is 4.31 Å². The van der Waals surface area contributed by atoms with E-state index in [0.29, 0.717) is 26.0 Å². The second-order valence-electron chi connectivity index (χ2n) is 5.39. The van der Waals surface area contributed by atoms with Gasteiger partial charge in [-0.15, -0.1) is 0 Å². The number of nitrogens with zero attached hydrogens (tertiary/aromatic N) is 1. The number of benzene rings is 1. The van der Waals surface area contributed by atoms with Gasteiger partial charge in [0.1, 0.15) is 10.7 Å². The number of piperidine rings is 1. The third-order valence-corrected chi connectivity index (χ3v) is 5.82. The smallest absolute Gasteiger partial charge is 0.245 e. The van der Waals surface area contributed by atoms with Crippen LogP contribution in [-0.4, -0.2) is 52.0 Å². The van der Waals surface area contributed by atoms with Crippen molar-refractivity contribution in [3.05, 3.63) is 30.1 Å². The minimum atomic E-state index is -3.86. The number of carbonyl (C=O) groups excluding carboxylic acids is 1. The lowest BCUT2D eigenvalue weighted by Crippen LogP contribution is -2.43. The van der Waals surface area contributed by atoms with Crippen molar-refractivity contribution in [3.8, 4) is 0 Å². The van der Waals surface area contributed by atoms with E-state index >= 15 is 0 Å². The molecule has 1 aromatic rings. The molecular formula is C15H21FN2O4S. The van der Waals surface area contributed by atoms with Gasteiger partial charge in [0, 0.05) is 32.7 Å². The zero-order valence-electron chi connectivity index (χ0n) is 13.0. The molecule has 23 heavy (non-hydrogen) atoms. The lowest BCUT2D eigenvalue weighted by atomic mass is 9.97. The maximum atomic E-state index is 13.7. The first-order valence-electron chi connectivity index (χ1n) is 7.48. The van der Waals surface area contributed by atoms with Gasteiger partial charge in [0.2, 0.25) is 15.9 Å². The summed E-state index contributed by atoms with van der Waals surface area (Å²) in [5, 5.41) is 2.76. The van der Waals surface area contributed by atoms with E-state index in [9.17, 15) is 17.6 Å². The topological polar surface area (TPSA) is 75.7 Å². The van der Waals surface area contributed by atoms with Crippen molar-refractivity contribution < 1.29 is 22.3 Å². The lowest BCUT2D eigenvalue weighted by Gasteiger charge is -2.30. The summed E-state index contributed by atoms with van der Waals surface area (Å²) in [6.45, 7) is 1.29. The SMILES string of the molecule is COCCNC(=O)C1CCN(S(=O)(=O)c2ccccc2F)CC1. The zero-order chi connectivity index (χ0) is 16.9. The Morgan fingerprint density at radius 3 is 2.61 bits per heavy atom. The number of halogens is 1. The third kappa shape index (κ3) is 4.27. The van der Waals surface area contributed by atoms with E-state index in [4.69, 9.17) is 4.74 Å². The van der Waals surface area contributed by atoms with E-state index in [1.165, 1.54) is 22.5 Å². The average Bonchev–Trinajstić information content (AvgIpc) is 2.55. The summed E-state index contributed by atoms with van der Waals surface area (Å²) in [7, 11) is -2.30. The first-order valence-corrected chi connectivity index (χ1v) is 8.92. The second kappa shape index (κ2) is 7.85. The minimum absolute atomic E-state index is 0.0926. The van der Waals surface area contributed by atoms with E-state index in [1.807, 2.05) is 0 Å². The van der Waals surface area contributed by atoms with Crippen molar-refractivity contribution in [1.82, 2.24) is 9.62 Å². The molecule has 0 saturated carbocycles. The highest BCUT2D eigenvalue weighted by Gasteiger charge is 2.33. The van der Waals surface area contributed by atoms with Crippen LogP contribution in [0.4, 0.5) is 4.39 Å². The molecule has 128 valence electrons. The van der Waals surface area contributed by atoms with Crippen molar-refractivity contribution in [2.24, 2.45) is 5.92 Å². The number of ether oxygens (including phenoxy) is 1. The predicted octanol–water partition coefficient (Wildman–Crippen LogP) is 0.989. The Balaban J connectivity index is 1.96. The molecule has 1 fully saturated rings. The molecule has 1 amide bonds. The minimum Gasteiger partial charge on any atom is -0.383 e. The van der Waals surface area contributed by atoms with Crippen LogP contribution in [0.15, 0.2) is 29.2 Å². The number of sulfonamides is 1. The van der Waals surface area contributed by atoms with Crippen LogP contribution in [0, 0.1) is 11.7 Å². The Hall–Kier alpha value is -1.51. The van der Waals surface area contributed by atoms with Gasteiger partial charge in [-0.05, 0) is 25.0 Å². The number of amides is 1. The van der Waals surface area contributed by atoms with Crippen molar-refractivity contribution in [1.29, 1.82) is 0 Å². The van der Waals surface area contributed by atoms with Gasteiger partial charge >= 0.3 is 0 Å². The number of hydrogen-bond donors (Lipinski definition) is 1. The van der Waals surface area contributed by atoms with E-state index in [1.54, 1.807) is 7.11 Å². The van der Waals surface area contributed by atoms with Gasteiger partial charge in [0.25, 0.3) is 0 Å². The van der Waals surface area contributed by atoms with Crippen molar-refractivity contribution in [2.75, 3.05) is 33.4 Å². The fraction of sp³-hybridized carbons (Fsp3) is 0.533. The molecule has 0 unspecified atom stereocenters. The van der Waals surface area contributed by atoms with Gasteiger partial charge < -0.3 is 10.1 Å². The molecule has 1 aliphatic heterocycles. The summed E-state index contributed by atoms with van der Waals surface area (Å²) in [6.07, 6.45) is 0.846. The number of methoxy groups -OCH3 is 1. The largest absolute Gasteiger partial charge is 0.383 e. The summed E-state index contributed by atoms with van der Waals surface area (Å²) < 4.78 is 44.8. The van der Waals surface area contributed by atoms with Crippen LogP contribution < -0.4 is 5.32 Å². The Morgan fingerprint density at radius 2 is 2.00 bits per heavy atom. The Kier molecular flexibility index (Phi) is 6.09. The summed E-state index contributed by atoms with van der Waals surface area (Å²) in [6, 6.07) is 5.33. The fourth-order valence-electron chi connectivity index (χ4n) is 2.57. The van der Waals surface area contributed by atoms with Gasteiger partial charge in [-0.25, -0.2) is 12.8 Å². The number of hydrogen-bond acceptors (Lipinski definition) is 4. The van der Waals surface area contributed by atoms with Crippen LogP contribution in [0.5, 0.6) is 0 Å². The molecule has 0 aliphatic carbocycles. The van der Waals surface area contributed by atoms with Crippen LogP contribution in [0.1, 0.15) is 12.8 Å². The number of rotatable bonds is 6. The first kappa shape index (κ1) is 17.8. The van der Waals surface area contributed by atoms with Crippen LogP contribution in [0.2, 0.25) is 0 Å². The molecule has 0 bridgehead atoms. The van der Waals surface area contributed by atoms with Crippen LogP contribution in [0.3, 0.4) is 0 Å². The van der Waals surface area contributed by atoms with Crippen molar-refractivity contribution in [3.63, 3.8) is 0 Å². The van der Waals surface area contributed by atoms with Gasteiger partial charge in [0.05, 0.1) is 6.61 Å². The molecule has 6 nitrogen and oxygen atoms in total. The normalized spacial score (nSPS) is 17.1. The number of nitrogens with one attached hydrogen (secondary N) is 1. The van der Waals surface area contributed by atoms with Gasteiger partial charge in [0.15, 0.2) is 0 Å². The van der Waals surface area contributed by atoms with E-state index in [0.717, 1.165) is 6.07 Å². The highest BCUT2D eigenvalue weighted by atomic mass is 32.2. The number of carbonyl (C=O) groups is 1. The lowest BCUT2D eigenvalue weighted by molar-refractivity contribution is -0.126. The molecule has 1 aliphatic rings. The molecule has 1 aromatic carbocycles. The molecule has 0 atom stereocenters. The van der Waals surface area contributed by atoms with E-state index in [-0.39, 0.29) is 29.8 Å². The molecule has 1 N–H and O–H groups in total. The summed E-state index contributed by atoms with van der Waals surface area (Å²) in [5.41, 5.74) is 0. The maximum Gasteiger partial charge on any atom is 0.245 e. The van der Waals surface area contributed by atoms with Crippen LogP contribution >= 0.6 is 0 Å². The van der Waals surface area contributed by atoms with Crippen LogP contribution in [-0.2, 0) is 19.6 Å². The highest BCUT2D eigenvalue weighted by molar-refractivity contribution is 7.89. The molecule has 8 heteroatoms. The standard InChI is InChI=1S/C15H21FN2O4S/c1-22-11-8-17-15(19)12-6-9-18(10-7-12)23(20,21)14-5-3-2-4-13(14)16/h2-5,12H,6-11H2,1H3,(H,17,19). The monoisotopic (exact) mass is 344 g/mol. The quantitative estimate of drug-likeness (QED) is 0.781. The van der Waals surface area contributed by atoms with Crippen LogP contribution in [0.25, 0.3) is 0 Å². The molecule has 0 radical (unpaired) electrons. The third-order valence-electron chi connectivity index (χ3n) is 3.88. The Bertz CT molecular complexity index is 643. The molecule has 2 rings (SSSR count). The first-order chi connectivity index (χ1) is 11.0. The molecule has 1 saturated heterocycles. The van der Waals surface area contributed by atoms with E-state index in [2.05, 4.69) is 5.32 Å².